The summed E-state index contributed by atoms with van der Waals surface area (Å²) in [5.41, 5.74) is 16.6. The van der Waals surface area contributed by atoms with E-state index in [1.807, 2.05) is 6.20 Å². The number of ether oxygens (including phenoxy) is 1. The van der Waals surface area contributed by atoms with Gasteiger partial charge in [0.1, 0.15) is 5.82 Å². The number of aromatic nitrogens is 2. The van der Waals surface area contributed by atoms with Crippen molar-refractivity contribution in [2.75, 3.05) is 9.80 Å². The summed E-state index contributed by atoms with van der Waals surface area (Å²) < 4.78 is 9.37. The van der Waals surface area contributed by atoms with Crippen LogP contribution in [0.1, 0.15) is 140 Å². The predicted molar refractivity (Wildman–Crippen MR) is 307 cm³/mol. The van der Waals surface area contributed by atoms with Gasteiger partial charge in [-0.1, -0.05) is 174 Å². The van der Waals surface area contributed by atoms with Gasteiger partial charge in [0.25, 0.3) is 0 Å². The van der Waals surface area contributed by atoms with E-state index in [1.165, 1.54) is 44.5 Å². The predicted octanol–water partition coefficient (Wildman–Crippen LogP) is 18.1. The van der Waals surface area contributed by atoms with Crippen LogP contribution in [0.25, 0.3) is 27.6 Å². The number of pyridine rings is 1. The van der Waals surface area contributed by atoms with Crippen molar-refractivity contribution in [3.63, 3.8) is 0 Å². The molecule has 3 heterocycles. The number of nitrogens with zero attached hydrogens (tertiary/aromatic N) is 4. The summed E-state index contributed by atoms with van der Waals surface area (Å²) in [6.07, 6.45) is 1.94. The summed E-state index contributed by atoms with van der Waals surface area (Å²) in [5.74, 6) is 2.04. The molecule has 10 rings (SSSR count). The smallest absolute Gasteiger partial charge is 0.135 e. The van der Waals surface area contributed by atoms with Crippen LogP contribution in [-0.2, 0) is 48.1 Å². The molecule has 382 valence electrons. The summed E-state index contributed by atoms with van der Waals surface area (Å²) in [5, 5.41) is 2.24. The molecule has 0 aliphatic carbocycles. The quantitative estimate of drug-likeness (QED) is 0.135. The van der Waals surface area contributed by atoms with Crippen molar-refractivity contribution >= 4 is 44.6 Å². The van der Waals surface area contributed by atoms with E-state index in [-0.39, 0.29) is 48.1 Å². The maximum absolute atomic E-state index is 7.11. The third kappa shape index (κ3) is 9.74. The second-order valence-corrected chi connectivity index (χ2v) is 24.6. The van der Waals surface area contributed by atoms with Crippen LogP contribution in [0.15, 0.2) is 152 Å². The van der Waals surface area contributed by atoms with Gasteiger partial charge < -0.3 is 19.1 Å². The summed E-state index contributed by atoms with van der Waals surface area (Å²) in [6.45, 7) is 36.4. The average molecular weight is 1160 g/mol. The van der Waals surface area contributed by atoms with Crippen LogP contribution in [0.2, 0.25) is 0 Å². The topological polar surface area (TPSA) is 33.5 Å². The molecule has 0 bridgehead atoms. The number of hydrogen-bond donors (Lipinski definition) is 0. The third-order valence-electron chi connectivity index (χ3n) is 15.5. The Kier molecular flexibility index (Phi) is 13.5. The zero-order valence-corrected chi connectivity index (χ0v) is 48.3. The Bertz CT molecular complexity index is 3520. The SMILES string of the molecule is Cc1cc2c(cc1C)N(c1cc(C(C)(C)C)cc(C(C)(C)C)c1)[CH-]N2c1[c-]c(Oc2[c-]c3c(cc2)c2cc(C(C)(C)C)ccc2n3-c2cc(C(C)(C)c3ccccc3)ccn2)cc(C(C)(C)c2ccccc2)c1.[Pt]. The molecular formula is C68H71N4OPt-3. The van der Waals surface area contributed by atoms with Crippen molar-refractivity contribution in [2.24, 2.45) is 0 Å². The molecule has 0 spiro atoms. The summed E-state index contributed by atoms with van der Waals surface area (Å²) in [6, 6.07) is 60.8. The third-order valence-corrected chi connectivity index (χ3v) is 15.5. The van der Waals surface area contributed by atoms with Crippen molar-refractivity contribution in [3.05, 3.63) is 221 Å². The van der Waals surface area contributed by atoms with E-state index < -0.39 is 0 Å². The van der Waals surface area contributed by atoms with E-state index >= 15 is 0 Å². The van der Waals surface area contributed by atoms with Crippen LogP contribution >= 0.6 is 0 Å². The molecule has 2 aromatic heterocycles. The monoisotopic (exact) mass is 1150 g/mol. The number of aryl methyl sites for hydroxylation is 2. The van der Waals surface area contributed by atoms with E-state index in [2.05, 4.69) is 283 Å². The number of hydrogen-bond acceptors (Lipinski definition) is 4. The number of rotatable bonds is 9. The first-order valence-electron chi connectivity index (χ1n) is 25.9. The van der Waals surface area contributed by atoms with Crippen LogP contribution < -0.4 is 14.5 Å². The molecule has 9 aromatic rings. The first-order valence-corrected chi connectivity index (χ1v) is 25.9. The Morgan fingerprint density at radius 2 is 1.03 bits per heavy atom. The second kappa shape index (κ2) is 19.1. The zero-order valence-electron chi connectivity index (χ0n) is 46.0. The fourth-order valence-electron chi connectivity index (χ4n) is 10.3. The van der Waals surface area contributed by atoms with Crippen molar-refractivity contribution in [1.82, 2.24) is 9.55 Å². The molecule has 0 N–H and O–H groups in total. The van der Waals surface area contributed by atoms with Gasteiger partial charge in [0, 0.05) is 66.8 Å². The maximum Gasteiger partial charge on any atom is 0.135 e. The molecule has 0 unspecified atom stereocenters. The van der Waals surface area contributed by atoms with Crippen LogP contribution in [-0.4, -0.2) is 9.55 Å². The van der Waals surface area contributed by atoms with Crippen LogP contribution in [0, 0.1) is 32.6 Å². The second-order valence-electron chi connectivity index (χ2n) is 24.6. The molecule has 0 saturated heterocycles. The Hall–Kier alpha value is -6.42. The van der Waals surface area contributed by atoms with E-state index in [1.54, 1.807) is 0 Å². The maximum atomic E-state index is 7.11. The molecule has 1 aliphatic rings. The molecule has 0 saturated carbocycles. The Morgan fingerprint density at radius 1 is 0.459 bits per heavy atom. The molecule has 5 nitrogen and oxygen atoms in total. The van der Waals surface area contributed by atoms with Gasteiger partial charge in [-0.3, -0.25) is 0 Å². The fraction of sp³-hybridized carbons (Fsp3) is 0.294. The zero-order chi connectivity index (χ0) is 52.0. The van der Waals surface area contributed by atoms with E-state index in [0.29, 0.717) is 11.5 Å². The van der Waals surface area contributed by atoms with E-state index in [0.717, 1.165) is 55.9 Å². The summed E-state index contributed by atoms with van der Waals surface area (Å²) in [4.78, 5) is 9.74. The van der Waals surface area contributed by atoms with E-state index in [4.69, 9.17) is 9.72 Å². The molecule has 0 fully saturated rings. The summed E-state index contributed by atoms with van der Waals surface area (Å²) >= 11 is 0. The van der Waals surface area contributed by atoms with Gasteiger partial charge in [-0.2, -0.15) is 6.07 Å². The molecule has 1 aliphatic heterocycles. The molecule has 7 aromatic carbocycles. The first kappa shape index (κ1) is 52.4. The average Bonchev–Trinajstić information content (AvgIpc) is 3.88. The minimum absolute atomic E-state index is 0. The van der Waals surface area contributed by atoms with Crippen LogP contribution in [0.5, 0.6) is 11.5 Å². The number of benzene rings is 7. The number of fused-ring (bicyclic) bond motifs is 4. The largest absolute Gasteiger partial charge is 0.509 e. The van der Waals surface area contributed by atoms with Crippen molar-refractivity contribution in [2.45, 2.75) is 131 Å². The Morgan fingerprint density at radius 3 is 1.61 bits per heavy atom. The van der Waals surface area contributed by atoms with Crippen molar-refractivity contribution in [1.29, 1.82) is 0 Å². The van der Waals surface area contributed by atoms with Crippen molar-refractivity contribution in [3.8, 4) is 17.3 Å². The van der Waals surface area contributed by atoms with E-state index in [9.17, 15) is 0 Å². The van der Waals surface area contributed by atoms with Crippen LogP contribution in [0.3, 0.4) is 0 Å². The standard InChI is InChI=1S/C68H71N4O.Pt/c1-44-32-61-62(33-45(44)2)71(43-70(61)53-35-50(65(6,7)8)34-51(36-53)66(9,10)11)54-37-52(68(14,15)47-24-20-17-21-25-47)38-56(41-54)73-55-27-28-57-58-39-48(64(3,4)5)26-29-59(58)72(60(57)42-55)63-40-49(30-31-69-63)67(12,13)46-22-18-16-19-23-46;/h16-40,43H,1-15H3;/q-3;. The minimum Gasteiger partial charge on any atom is -0.509 e. The molecule has 6 heteroatoms. The van der Waals surface area contributed by atoms with Crippen molar-refractivity contribution < 1.29 is 25.8 Å². The normalized spacial score (nSPS) is 13.4. The van der Waals surface area contributed by atoms with Gasteiger partial charge >= 0.3 is 0 Å². The molecular weight excluding hydrogens is 1080 g/mol. The van der Waals surface area contributed by atoms with Gasteiger partial charge in [-0.25, -0.2) is 4.98 Å². The van der Waals surface area contributed by atoms with Gasteiger partial charge in [-0.05, 0) is 128 Å². The molecule has 0 radical (unpaired) electrons. The Balaban J connectivity index is 0.00000672. The number of anilines is 4. The van der Waals surface area contributed by atoms with Gasteiger partial charge in [0.05, 0.1) is 0 Å². The fourth-order valence-corrected chi connectivity index (χ4v) is 10.3. The van der Waals surface area contributed by atoms with Crippen LogP contribution in [0.4, 0.5) is 22.7 Å². The molecule has 0 atom stereocenters. The molecule has 0 amide bonds. The minimum atomic E-state index is -0.383. The summed E-state index contributed by atoms with van der Waals surface area (Å²) in [7, 11) is 0. The van der Waals surface area contributed by atoms with Gasteiger partial charge in [0.15, 0.2) is 0 Å². The van der Waals surface area contributed by atoms with Gasteiger partial charge in [0.2, 0.25) is 0 Å². The van der Waals surface area contributed by atoms with Gasteiger partial charge in [-0.15, -0.1) is 53.6 Å². The first-order chi connectivity index (χ1) is 34.4. The molecule has 74 heavy (non-hydrogen) atoms. The Labute approximate surface area is 455 Å².